The van der Waals surface area contributed by atoms with Crippen molar-refractivity contribution in [2.75, 3.05) is 19.7 Å². The predicted molar refractivity (Wildman–Crippen MR) is 91.7 cm³/mol. The molecule has 1 amide bonds. The van der Waals surface area contributed by atoms with Crippen LogP contribution in [0.15, 0.2) is 30.3 Å². The number of benzene rings is 1. The summed E-state index contributed by atoms with van der Waals surface area (Å²) in [6, 6.07) is 9.14. The molecule has 0 saturated carbocycles. The molecule has 1 fully saturated rings. The van der Waals surface area contributed by atoms with Gasteiger partial charge in [-0.3, -0.25) is 9.78 Å². The summed E-state index contributed by atoms with van der Waals surface area (Å²) in [4.78, 5) is 30.9. The SMILES string of the molecule is Cc1cc(C(=O)OCC(=O)N2CCC[C@H](C)C2)c2ccccc2n1. The van der Waals surface area contributed by atoms with Crippen molar-refractivity contribution in [1.29, 1.82) is 0 Å². The quantitative estimate of drug-likeness (QED) is 0.814. The number of nitrogens with zero attached hydrogens (tertiary/aromatic N) is 2. The molecule has 3 rings (SSSR count). The van der Waals surface area contributed by atoms with Gasteiger partial charge < -0.3 is 9.64 Å². The van der Waals surface area contributed by atoms with E-state index in [1.54, 1.807) is 11.0 Å². The molecule has 2 heterocycles. The smallest absolute Gasteiger partial charge is 0.339 e. The van der Waals surface area contributed by atoms with Gasteiger partial charge in [-0.1, -0.05) is 25.1 Å². The Hall–Kier alpha value is -2.43. The fourth-order valence-corrected chi connectivity index (χ4v) is 3.19. The number of amides is 1. The molecule has 5 nitrogen and oxygen atoms in total. The molecule has 0 radical (unpaired) electrons. The first-order valence-corrected chi connectivity index (χ1v) is 8.36. The highest BCUT2D eigenvalue weighted by atomic mass is 16.5. The number of pyridine rings is 1. The average molecular weight is 326 g/mol. The van der Waals surface area contributed by atoms with Crippen LogP contribution in [0.2, 0.25) is 0 Å². The molecule has 2 aromatic rings. The number of rotatable bonds is 3. The van der Waals surface area contributed by atoms with E-state index in [0.717, 1.165) is 42.5 Å². The van der Waals surface area contributed by atoms with Crippen molar-refractivity contribution >= 4 is 22.8 Å². The van der Waals surface area contributed by atoms with E-state index in [4.69, 9.17) is 4.74 Å². The van der Waals surface area contributed by atoms with Crippen LogP contribution < -0.4 is 0 Å². The zero-order valence-electron chi connectivity index (χ0n) is 14.1. The Labute approximate surface area is 141 Å². The monoisotopic (exact) mass is 326 g/mol. The van der Waals surface area contributed by atoms with Gasteiger partial charge in [-0.15, -0.1) is 0 Å². The number of esters is 1. The number of ether oxygens (including phenoxy) is 1. The summed E-state index contributed by atoms with van der Waals surface area (Å²) in [5, 5.41) is 0.743. The van der Waals surface area contributed by atoms with Crippen LogP contribution in [0.5, 0.6) is 0 Å². The van der Waals surface area contributed by atoms with Gasteiger partial charge in [-0.05, 0) is 37.8 Å². The number of carbonyl (C=O) groups excluding carboxylic acids is 2. The van der Waals surface area contributed by atoms with Crippen molar-refractivity contribution in [3.8, 4) is 0 Å². The van der Waals surface area contributed by atoms with E-state index in [1.165, 1.54) is 0 Å². The summed E-state index contributed by atoms with van der Waals surface area (Å²) in [5.74, 6) is -0.0923. The highest BCUT2D eigenvalue weighted by Gasteiger charge is 2.22. The molecule has 1 atom stereocenters. The number of carbonyl (C=O) groups is 2. The van der Waals surface area contributed by atoms with Crippen molar-refractivity contribution in [3.63, 3.8) is 0 Å². The van der Waals surface area contributed by atoms with Crippen LogP contribution >= 0.6 is 0 Å². The Kier molecular flexibility index (Phi) is 4.79. The standard InChI is InChI=1S/C19H22N2O3/c1-13-6-5-9-21(11-13)18(22)12-24-19(23)16-10-14(2)20-17-8-4-3-7-15(16)17/h3-4,7-8,10,13H,5-6,9,11-12H2,1-2H3/t13-/m0/s1. The number of aromatic nitrogens is 1. The van der Waals surface area contributed by atoms with Crippen molar-refractivity contribution < 1.29 is 14.3 Å². The Bertz CT molecular complexity index is 772. The van der Waals surface area contributed by atoms with E-state index in [2.05, 4.69) is 11.9 Å². The molecule has 0 bridgehead atoms. The topological polar surface area (TPSA) is 59.5 Å². The maximum Gasteiger partial charge on any atom is 0.339 e. The number of fused-ring (bicyclic) bond motifs is 1. The van der Waals surface area contributed by atoms with Crippen LogP contribution in [0.25, 0.3) is 10.9 Å². The Balaban J connectivity index is 1.70. The molecule has 5 heteroatoms. The summed E-state index contributed by atoms with van der Waals surface area (Å²) in [6.45, 7) is 5.26. The van der Waals surface area contributed by atoms with E-state index >= 15 is 0 Å². The Morgan fingerprint density at radius 1 is 1.33 bits per heavy atom. The summed E-state index contributed by atoms with van der Waals surface area (Å²) in [6.07, 6.45) is 2.15. The van der Waals surface area contributed by atoms with Crippen molar-refractivity contribution in [1.82, 2.24) is 9.88 Å². The second-order valence-electron chi connectivity index (χ2n) is 6.49. The van der Waals surface area contributed by atoms with Crippen LogP contribution in [0.3, 0.4) is 0 Å². The molecule has 0 N–H and O–H groups in total. The lowest BCUT2D eigenvalue weighted by molar-refractivity contribution is -0.136. The molecular weight excluding hydrogens is 304 g/mol. The summed E-state index contributed by atoms with van der Waals surface area (Å²) in [5.41, 5.74) is 1.95. The number of piperidine rings is 1. The summed E-state index contributed by atoms with van der Waals surface area (Å²) < 4.78 is 5.28. The fourth-order valence-electron chi connectivity index (χ4n) is 3.19. The van der Waals surface area contributed by atoms with Gasteiger partial charge in [0.15, 0.2) is 6.61 Å². The van der Waals surface area contributed by atoms with Crippen LogP contribution in [0.1, 0.15) is 35.8 Å². The zero-order chi connectivity index (χ0) is 17.1. The first-order valence-electron chi connectivity index (χ1n) is 8.36. The molecular formula is C19H22N2O3. The lowest BCUT2D eigenvalue weighted by Gasteiger charge is -2.30. The van der Waals surface area contributed by atoms with Crippen molar-refractivity contribution in [2.24, 2.45) is 5.92 Å². The molecule has 1 aliphatic heterocycles. The third kappa shape index (κ3) is 3.55. The van der Waals surface area contributed by atoms with E-state index in [1.807, 2.05) is 31.2 Å². The predicted octanol–water partition coefficient (Wildman–Crippen LogP) is 2.96. The third-order valence-electron chi connectivity index (χ3n) is 4.40. The van der Waals surface area contributed by atoms with Gasteiger partial charge in [0.05, 0.1) is 11.1 Å². The van der Waals surface area contributed by atoms with Gasteiger partial charge >= 0.3 is 5.97 Å². The second kappa shape index (κ2) is 6.99. The van der Waals surface area contributed by atoms with Crippen LogP contribution in [0, 0.1) is 12.8 Å². The molecule has 24 heavy (non-hydrogen) atoms. The molecule has 126 valence electrons. The molecule has 0 spiro atoms. The largest absolute Gasteiger partial charge is 0.452 e. The number of para-hydroxylation sites is 1. The summed E-state index contributed by atoms with van der Waals surface area (Å²) in [7, 11) is 0. The molecule has 1 saturated heterocycles. The third-order valence-corrected chi connectivity index (χ3v) is 4.40. The molecule has 1 aromatic carbocycles. The van der Waals surface area contributed by atoms with Gasteiger partial charge in [0.1, 0.15) is 0 Å². The van der Waals surface area contributed by atoms with E-state index in [-0.39, 0.29) is 12.5 Å². The van der Waals surface area contributed by atoms with E-state index in [9.17, 15) is 9.59 Å². The minimum atomic E-state index is -0.477. The van der Waals surface area contributed by atoms with Crippen LogP contribution in [-0.2, 0) is 9.53 Å². The lowest BCUT2D eigenvalue weighted by Crippen LogP contribution is -2.41. The molecule has 1 aliphatic rings. The van der Waals surface area contributed by atoms with E-state index < -0.39 is 5.97 Å². The molecule has 0 unspecified atom stereocenters. The maximum absolute atomic E-state index is 12.4. The van der Waals surface area contributed by atoms with Gasteiger partial charge in [0.2, 0.25) is 0 Å². The zero-order valence-corrected chi connectivity index (χ0v) is 14.1. The summed E-state index contributed by atoms with van der Waals surface area (Å²) >= 11 is 0. The first-order chi connectivity index (χ1) is 11.5. The average Bonchev–Trinajstić information content (AvgIpc) is 2.58. The Morgan fingerprint density at radius 2 is 2.12 bits per heavy atom. The highest BCUT2D eigenvalue weighted by molar-refractivity contribution is 6.04. The van der Waals surface area contributed by atoms with Crippen molar-refractivity contribution in [3.05, 3.63) is 41.6 Å². The Morgan fingerprint density at radius 3 is 2.92 bits per heavy atom. The van der Waals surface area contributed by atoms with Crippen LogP contribution in [0.4, 0.5) is 0 Å². The first kappa shape index (κ1) is 16.4. The number of likely N-dealkylation sites (tertiary alicyclic amines) is 1. The lowest BCUT2D eigenvalue weighted by atomic mass is 10.0. The van der Waals surface area contributed by atoms with Gasteiger partial charge in [-0.25, -0.2) is 4.79 Å². The maximum atomic E-state index is 12.4. The van der Waals surface area contributed by atoms with Gasteiger partial charge in [-0.2, -0.15) is 0 Å². The number of hydrogen-bond acceptors (Lipinski definition) is 4. The van der Waals surface area contributed by atoms with Crippen LogP contribution in [-0.4, -0.2) is 41.5 Å². The highest BCUT2D eigenvalue weighted by Crippen LogP contribution is 2.19. The fraction of sp³-hybridized carbons (Fsp3) is 0.421. The van der Waals surface area contributed by atoms with E-state index in [0.29, 0.717) is 11.5 Å². The van der Waals surface area contributed by atoms with Gasteiger partial charge in [0.25, 0.3) is 5.91 Å². The minimum Gasteiger partial charge on any atom is -0.452 e. The minimum absolute atomic E-state index is 0.120. The normalized spacial score (nSPS) is 17.8. The molecule has 1 aromatic heterocycles. The van der Waals surface area contributed by atoms with Gasteiger partial charge in [0, 0.05) is 24.2 Å². The number of hydrogen-bond donors (Lipinski definition) is 0. The van der Waals surface area contributed by atoms with Crippen molar-refractivity contribution in [2.45, 2.75) is 26.7 Å². The number of aryl methyl sites for hydroxylation is 1. The molecule has 0 aliphatic carbocycles. The second-order valence-corrected chi connectivity index (χ2v) is 6.49.